The van der Waals surface area contributed by atoms with E-state index in [9.17, 15) is 0 Å². The van der Waals surface area contributed by atoms with E-state index < -0.39 is 0 Å². The molecule has 3 N–H and O–H groups in total. The summed E-state index contributed by atoms with van der Waals surface area (Å²) in [6.45, 7) is 4.04. The molecule has 0 aliphatic heterocycles. The Morgan fingerprint density at radius 2 is 2.04 bits per heavy atom. The molecule has 0 fully saturated rings. The molecule has 120 valence electrons. The van der Waals surface area contributed by atoms with Crippen LogP contribution in [0.2, 0.25) is 5.02 Å². The van der Waals surface area contributed by atoms with Crippen LogP contribution in [0.5, 0.6) is 0 Å². The second-order valence-electron chi connectivity index (χ2n) is 5.89. The molecule has 2 aromatic heterocycles. The van der Waals surface area contributed by atoms with Crippen LogP contribution in [0.25, 0.3) is 16.6 Å². The molecular weight excluding hydrogens is 322 g/mol. The lowest BCUT2D eigenvalue weighted by Gasteiger charge is -2.14. The van der Waals surface area contributed by atoms with E-state index in [0.717, 1.165) is 33.4 Å². The second kappa shape index (κ2) is 5.39. The maximum Gasteiger partial charge on any atom is 0.157 e. The van der Waals surface area contributed by atoms with Gasteiger partial charge >= 0.3 is 0 Å². The molecule has 4 rings (SSSR count). The molecule has 2 aromatic carbocycles. The minimum absolute atomic E-state index is 0.666. The smallest absolute Gasteiger partial charge is 0.157 e. The number of benzene rings is 2. The summed E-state index contributed by atoms with van der Waals surface area (Å²) in [6.07, 6.45) is 3.50. The average Bonchev–Trinajstić information content (AvgIpc) is 3.00. The van der Waals surface area contributed by atoms with Gasteiger partial charge in [-0.2, -0.15) is 0 Å². The third-order valence-corrected chi connectivity index (χ3v) is 4.37. The van der Waals surface area contributed by atoms with Crippen LogP contribution in [-0.4, -0.2) is 14.4 Å². The Morgan fingerprint density at radius 1 is 1.21 bits per heavy atom. The fraction of sp³-hybridized carbons (Fsp3) is 0.111. The lowest BCUT2D eigenvalue weighted by molar-refractivity contribution is 1.19. The lowest BCUT2D eigenvalue weighted by Crippen LogP contribution is -2.02. The van der Waals surface area contributed by atoms with Crippen molar-refractivity contribution in [3.63, 3.8) is 0 Å². The van der Waals surface area contributed by atoms with Gasteiger partial charge in [-0.05, 0) is 43.2 Å². The van der Waals surface area contributed by atoms with Crippen LogP contribution < -0.4 is 11.1 Å². The highest BCUT2D eigenvalue weighted by atomic mass is 35.5. The Balaban J connectivity index is 1.96. The number of para-hydroxylation sites is 1. The lowest BCUT2D eigenvalue weighted by atomic mass is 10.1. The number of hydrogen-bond acceptors (Lipinski definition) is 4. The molecule has 0 aliphatic carbocycles. The van der Waals surface area contributed by atoms with E-state index in [2.05, 4.69) is 16.4 Å². The fourth-order valence-corrected chi connectivity index (χ4v) is 3.38. The van der Waals surface area contributed by atoms with Crippen LogP contribution in [0.4, 0.5) is 17.2 Å². The van der Waals surface area contributed by atoms with Gasteiger partial charge in [0.1, 0.15) is 5.52 Å². The van der Waals surface area contributed by atoms with Crippen LogP contribution in [0.15, 0.2) is 42.9 Å². The zero-order chi connectivity index (χ0) is 16.8. The number of nitrogens with one attached hydrogen (secondary N) is 1. The Bertz CT molecular complexity index is 1060. The van der Waals surface area contributed by atoms with E-state index in [0.29, 0.717) is 16.5 Å². The third-order valence-electron chi connectivity index (χ3n) is 4.08. The van der Waals surface area contributed by atoms with Gasteiger partial charge < -0.3 is 11.1 Å². The van der Waals surface area contributed by atoms with Crippen molar-refractivity contribution in [2.75, 3.05) is 11.1 Å². The highest BCUT2D eigenvalue weighted by Gasteiger charge is 2.13. The number of aryl methyl sites for hydroxylation is 2. The Labute approximate surface area is 144 Å². The molecule has 0 atom stereocenters. The summed E-state index contributed by atoms with van der Waals surface area (Å²) in [5.74, 6) is 0.694. The van der Waals surface area contributed by atoms with Gasteiger partial charge in [-0.1, -0.05) is 23.7 Å². The van der Waals surface area contributed by atoms with E-state index in [1.165, 1.54) is 0 Å². The first-order valence-corrected chi connectivity index (χ1v) is 7.96. The van der Waals surface area contributed by atoms with Crippen molar-refractivity contribution in [2.24, 2.45) is 0 Å². The molecule has 5 nitrogen and oxygen atoms in total. The number of aromatic nitrogens is 3. The normalized spacial score (nSPS) is 11.3. The largest absolute Gasteiger partial charge is 0.397 e. The van der Waals surface area contributed by atoms with Gasteiger partial charge in [-0.25, -0.2) is 9.97 Å². The molecule has 0 spiro atoms. The molecule has 0 unspecified atom stereocenters. The first-order chi connectivity index (χ1) is 11.5. The molecule has 4 aromatic rings. The molecule has 0 saturated heterocycles. The molecule has 0 aliphatic rings. The molecule has 6 heteroatoms. The highest BCUT2D eigenvalue weighted by molar-refractivity contribution is 6.33. The van der Waals surface area contributed by atoms with Gasteiger partial charge in [0, 0.05) is 0 Å². The summed E-state index contributed by atoms with van der Waals surface area (Å²) in [6, 6.07) is 9.70. The summed E-state index contributed by atoms with van der Waals surface area (Å²) >= 11 is 6.42. The summed E-state index contributed by atoms with van der Waals surface area (Å²) in [4.78, 5) is 8.97. The molecular formula is C18H16ClN5. The van der Waals surface area contributed by atoms with Gasteiger partial charge in [0.2, 0.25) is 0 Å². The summed E-state index contributed by atoms with van der Waals surface area (Å²) in [5, 5.41) is 4.03. The molecule has 2 heterocycles. The van der Waals surface area contributed by atoms with E-state index >= 15 is 0 Å². The van der Waals surface area contributed by atoms with Gasteiger partial charge in [0.25, 0.3) is 0 Å². The number of fused-ring (bicyclic) bond motifs is 3. The highest BCUT2D eigenvalue weighted by Crippen LogP contribution is 2.32. The van der Waals surface area contributed by atoms with Crippen molar-refractivity contribution in [1.29, 1.82) is 0 Å². The van der Waals surface area contributed by atoms with E-state index in [1.807, 2.05) is 42.5 Å². The maximum atomic E-state index is 6.42. The Morgan fingerprint density at radius 3 is 2.83 bits per heavy atom. The third kappa shape index (κ3) is 2.25. The summed E-state index contributed by atoms with van der Waals surface area (Å²) in [7, 11) is 0. The molecule has 0 saturated carbocycles. The Hall–Kier alpha value is -2.79. The predicted octanol–water partition coefficient (Wildman–Crippen LogP) is 4.48. The van der Waals surface area contributed by atoms with Crippen LogP contribution in [-0.2, 0) is 0 Å². The molecule has 0 bridgehead atoms. The number of nitrogen functional groups attached to an aromatic ring is 1. The first kappa shape index (κ1) is 14.8. The van der Waals surface area contributed by atoms with E-state index in [1.54, 1.807) is 12.5 Å². The number of nitrogens with zero attached hydrogens (tertiary/aromatic N) is 3. The molecule has 0 radical (unpaired) electrons. The van der Waals surface area contributed by atoms with Crippen molar-refractivity contribution in [3.05, 3.63) is 59.0 Å². The van der Waals surface area contributed by atoms with Gasteiger partial charge in [0.05, 0.1) is 40.0 Å². The van der Waals surface area contributed by atoms with Crippen LogP contribution in [0, 0.1) is 13.8 Å². The summed E-state index contributed by atoms with van der Waals surface area (Å²) < 4.78 is 1.94. The van der Waals surface area contributed by atoms with E-state index in [-0.39, 0.29) is 0 Å². The topological polar surface area (TPSA) is 68.2 Å². The minimum Gasteiger partial charge on any atom is -0.397 e. The van der Waals surface area contributed by atoms with Gasteiger partial charge in [-0.3, -0.25) is 4.40 Å². The monoisotopic (exact) mass is 337 g/mol. The number of halogens is 1. The summed E-state index contributed by atoms with van der Waals surface area (Å²) in [5.41, 5.74) is 12.3. The number of rotatable bonds is 2. The van der Waals surface area contributed by atoms with Crippen molar-refractivity contribution in [1.82, 2.24) is 14.4 Å². The first-order valence-electron chi connectivity index (χ1n) is 7.58. The number of hydrogen-bond donors (Lipinski definition) is 2. The van der Waals surface area contributed by atoms with Gasteiger partial charge in [0.15, 0.2) is 5.82 Å². The van der Waals surface area contributed by atoms with Crippen molar-refractivity contribution < 1.29 is 0 Å². The Kier molecular flexibility index (Phi) is 3.32. The average molecular weight is 338 g/mol. The van der Waals surface area contributed by atoms with Gasteiger partial charge in [-0.15, -0.1) is 0 Å². The quantitative estimate of drug-likeness (QED) is 0.529. The van der Waals surface area contributed by atoms with Crippen molar-refractivity contribution >= 4 is 45.3 Å². The van der Waals surface area contributed by atoms with Crippen molar-refractivity contribution in [2.45, 2.75) is 13.8 Å². The maximum absolute atomic E-state index is 6.42. The predicted molar refractivity (Wildman–Crippen MR) is 99.1 cm³/mol. The second-order valence-corrected chi connectivity index (χ2v) is 6.30. The zero-order valence-electron chi connectivity index (χ0n) is 13.3. The molecule has 0 amide bonds. The molecule has 24 heavy (non-hydrogen) atoms. The van der Waals surface area contributed by atoms with Crippen LogP contribution in [0.1, 0.15) is 11.1 Å². The minimum atomic E-state index is 0.666. The SMILES string of the molecule is Cc1cc(C)c(Nc2nc3cccc(N)c3n3cncc23)c(Cl)c1. The van der Waals surface area contributed by atoms with E-state index in [4.69, 9.17) is 22.3 Å². The van der Waals surface area contributed by atoms with Crippen molar-refractivity contribution in [3.8, 4) is 0 Å². The number of anilines is 3. The van der Waals surface area contributed by atoms with Crippen LogP contribution in [0.3, 0.4) is 0 Å². The fourth-order valence-electron chi connectivity index (χ4n) is 3.01. The van der Waals surface area contributed by atoms with Crippen LogP contribution >= 0.6 is 11.6 Å². The number of imidazole rings is 1. The standard InChI is InChI=1S/C18H16ClN5/c1-10-6-11(2)16(12(19)7-10)23-18-15-8-21-9-24(15)17-13(20)4-3-5-14(17)22-18/h3-9H,20H2,1-2H3,(H,22,23). The number of nitrogens with two attached hydrogens (primary N) is 1. The zero-order valence-corrected chi connectivity index (χ0v) is 14.1.